The van der Waals surface area contributed by atoms with Gasteiger partial charge in [-0.25, -0.2) is 4.79 Å². The highest BCUT2D eigenvalue weighted by Gasteiger charge is 2.51. The summed E-state index contributed by atoms with van der Waals surface area (Å²) in [7, 11) is 1.64. The Balaban J connectivity index is 1.19. The van der Waals surface area contributed by atoms with Gasteiger partial charge in [0, 0.05) is 30.8 Å². The van der Waals surface area contributed by atoms with E-state index in [9.17, 15) is 9.90 Å². The first-order valence-corrected chi connectivity index (χ1v) is 12.5. The highest BCUT2D eigenvalue weighted by atomic mass is 16.6. The zero-order valence-corrected chi connectivity index (χ0v) is 20.2. The molecule has 3 aromatic rings. The first kappa shape index (κ1) is 22.2. The number of carbonyl (C=O) groups excluding carboxylic acids is 1. The fourth-order valence-electron chi connectivity index (χ4n) is 6.64. The molecule has 0 spiro atoms. The van der Waals surface area contributed by atoms with Gasteiger partial charge in [0.05, 0.1) is 12.7 Å². The predicted octanol–water partition coefficient (Wildman–Crippen LogP) is 5.77. The van der Waals surface area contributed by atoms with Gasteiger partial charge in [-0.2, -0.15) is 0 Å². The number of methoxy groups -OCH3 is 1. The highest BCUT2D eigenvalue weighted by molar-refractivity contribution is 5.79. The zero-order chi connectivity index (χ0) is 24.2. The Morgan fingerprint density at radius 1 is 0.971 bits per heavy atom. The molecule has 3 aromatic carbocycles. The molecule has 6 rings (SSSR count). The third-order valence-electron chi connectivity index (χ3n) is 8.26. The summed E-state index contributed by atoms with van der Waals surface area (Å²) in [5, 5.41) is 11.7. The van der Waals surface area contributed by atoms with Crippen LogP contribution in [-0.2, 0) is 10.3 Å². The van der Waals surface area contributed by atoms with Crippen molar-refractivity contribution < 1.29 is 19.4 Å². The van der Waals surface area contributed by atoms with E-state index in [0.717, 1.165) is 29.7 Å². The largest absolute Gasteiger partial charge is 0.497 e. The summed E-state index contributed by atoms with van der Waals surface area (Å²) < 4.78 is 11.4. The third-order valence-corrected chi connectivity index (χ3v) is 8.26. The van der Waals surface area contributed by atoms with Crippen LogP contribution in [0.5, 0.6) is 5.75 Å². The number of hydrogen-bond acceptors (Lipinski definition) is 4. The Hall–Kier alpha value is -3.31. The van der Waals surface area contributed by atoms with E-state index in [2.05, 4.69) is 36.4 Å². The third kappa shape index (κ3) is 3.61. The number of hydrogen-bond donors (Lipinski definition) is 1. The summed E-state index contributed by atoms with van der Waals surface area (Å²) in [6, 6.07) is 22.6. The number of aryl methyl sites for hydroxylation is 1. The van der Waals surface area contributed by atoms with Crippen LogP contribution < -0.4 is 4.74 Å². The van der Waals surface area contributed by atoms with E-state index in [-0.39, 0.29) is 24.1 Å². The van der Waals surface area contributed by atoms with Crippen molar-refractivity contribution >= 4 is 6.09 Å². The molecule has 0 saturated carbocycles. The van der Waals surface area contributed by atoms with Gasteiger partial charge in [-0.15, -0.1) is 0 Å². The highest BCUT2D eigenvalue weighted by Crippen LogP contribution is 2.48. The molecular weight excluding hydrogens is 438 g/mol. The van der Waals surface area contributed by atoms with E-state index in [4.69, 9.17) is 9.47 Å². The maximum atomic E-state index is 13.4. The van der Waals surface area contributed by atoms with Crippen molar-refractivity contribution in [2.24, 2.45) is 0 Å². The molecule has 5 heteroatoms. The minimum atomic E-state index is -0.968. The lowest BCUT2D eigenvalue weighted by molar-refractivity contribution is -0.0535. The first-order valence-electron chi connectivity index (χ1n) is 12.5. The van der Waals surface area contributed by atoms with Crippen LogP contribution in [0.2, 0.25) is 0 Å². The van der Waals surface area contributed by atoms with Crippen molar-refractivity contribution in [3.05, 3.63) is 89.0 Å². The molecule has 2 fully saturated rings. The summed E-state index contributed by atoms with van der Waals surface area (Å²) >= 11 is 0. The molecule has 1 amide bonds. The Bertz CT molecular complexity index is 1230. The lowest BCUT2D eigenvalue weighted by atomic mass is 9.79. The van der Waals surface area contributed by atoms with Crippen molar-refractivity contribution in [2.45, 2.75) is 56.2 Å². The summed E-state index contributed by atoms with van der Waals surface area (Å²) in [6.45, 7) is 2.34. The minimum absolute atomic E-state index is 0.0278. The molecule has 2 bridgehead atoms. The molecule has 5 nitrogen and oxygen atoms in total. The molecule has 0 aromatic heterocycles. The van der Waals surface area contributed by atoms with E-state index in [0.29, 0.717) is 19.4 Å². The maximum Gasteiger partial charge on any atom is 0.410 e. The second-order valence-corrected chi connectivity index (χ2v) is 10.2. The average Bonchev–Trinajstić information content (AvgIpc) is 3.35. The van der Waals surface area contributed by atoms with Gasteiger partial charge in [0.1, 0.15) is 12.4 Å². The standard InChI is InChI=1S/C30H31NO4/c1-19-11-14-22(34-2)15-28(19)30(33)16-20-12-13-21(17-30)31(20)29(32)35-18-27-25-9-5-3-7-23(25)24-8-4-6-10-26(24)27/h3-11,14-15,20-21,27,33H,12-13,16-18H2,1-2H3. The van der Waals surface area contributed by atoms with Crippen molar-refractivity contribution in [2.75, 3.05) is 13.7 Å². The van der Waals surface area contributed by atoms with Gasteiger partial charge in [-0.05, 0) is 65.3 Å². The summed E-state index contributed by atoms with van der Waals surface area (Å²) in [5.41, 5.74) is 5.85. The average molecular weight is 470 g/mol. The van der Waals surface area contributed by atoms with E-state index >= 15 is 0 Å². The predicted molar refractivity (Wildman–Crippen MR) is 135 cm³/mol. The van der Waals surface area contributed by atoms with Crippen LogP contribution in [0.15, 0.2) is 66.7 Å². The number of carbonyl (C=O) groups is 1. The molecule has 3 aliphatic rings. The smallest absolute Gasteiger partial charge is 0.410 e. The number of ether oxygens (including phenoxy) is 2. The second-order valence-electron chi connectivity index (χ2n) is 10.2. The molecular formula is C30H31NO4. The van der Waals surface area contributed by atoms with Crippen molar-refractivity contribution in [3.8, 4) is 16.9 Å². The van der Waals surface area contributed by atoms with E-state index in [1.54, 1.807) is 7.11 Å². The van der Waals surface area contributed by atoms with Gasteiger partial charge in [-0.3, -0.25) is 0 Å². The fourth-order valence-corrected chi connectivity index (χ4v) is 6.64. The van der Waals surface area contributed by atoms with Crippen LogP contribution in [0.1, 0.15) is 53.9 Å². The number of amides is 1. The van der Waals surface area contributed by atoms with Gasteiger partial charge in [0.25, 0.3) is 0 Å². The molecule has 35 heavy (non-hydrogen) atoms. The molecule has 2 unspecified atom stereocenters. The number of aliphatic hydroxyl groups is 1. The topological polar surface area (TPSA) is 59.0 Å². The Morgan fingerprint density at radius 3 is 2.17 bits per heavy atom. The lowest BCUT2D eigenvalue weighted by Crippen LogP contribution is -2.52. The van der Waals surface area contributed by atoms with Crippen molar-refractivity contribution in [1.29, 1.82) is 0 Å². The van der Waals surface area contributed by atoms with E-state index in [1.807, 2.05) is 42.2 Å². The van der Waals surface area contributed by atoms with Crippen molar-refractivity contribution in [1.82, 2.24) is 4.90 Å². The molecule has 1 N–H and O–H groups in total. The normalized spacial score (nSPS) is 24.7. The number of rotatable bonds is 4. The molecule has 2 aliphatic heterocycles. The van der Waals surface area contributed by atoms with E-state index in [1.165, 1.54) is 22.3 Å². The van der Waals surface area contributed by atoms with Crippen LogP contribution >= 0.6 is 0 Å². The second kappa shape index (κ2) is 8.42. The molecule has 0 radical (unpaired) electrons. The molecule has 2 atom stereocenters. The molecule has 1 aliphatic carbocycles. The van der Waals surface area contributed by atoms with Gasteiger partial charge in [-0.1, -0.05) is 54.6 Å². The number of benzene rings is 3. The number of piperidine rings is 1. The Kier molecular flexibility index (Phi) is 5.33. The van der Waals surface area contributed by atoms with Gasteiger partial charge in [0.2, 0.25) is 0 Å². The summed E-state index contributed by atoms with van der Waals surface area (Å²) in [4.78, 5) is 15.3. The van der Waals surface area contributed by atoms with Crippen LogP contribution in [0.4, 0.5) is 4.79 Å². The van der Waals surface area contributed by atoms with Gasteiger partial charge >= 0.3 is 6.09 Å². The van der Waals surface area contributed by atoms with Crippen LogP contribution in [0.25, 0.3) is 11.1 Å². The van der Waals surface area contributed by atoms with Crippen LogP contribution in [-0.4, -0.2) is 41.9 Å². The van der Waals surface area contributed by atoms with E-state index < -0.39 is 5.60 Å². The van der Waals surface area contributed by atoms with Gasteiger partial charge < -0.3 is 19.5 Å². The van der Waals surface area contributed by atoms with Gasteiger partial charge in [0.15, 0.2) is 0 Å². The lowest BCUT2D eigenvalue weighted by Gasteiger charge is -2.44. The SMILES string of the molecule is COc1ccc(C)c(C2(O)CC3CCC(C2)N3C(=O)OCC2c3ccccc3-c3ccccc32)c1. The monoisotopic (exact) mass is 469 g/mol. The number of nitrogens with zero attached hydrogens (tertiary/aromatic N) is 1. The minimum Gasteiger partial charge on any atom is -0.497 e. The maximum absolute atomic E-state index is 13.4. The fraction of sp³-hybridized carbons (Fsp3) is 0.367. The Labute approximate surface area is 206 Å². The number of fused-ring (bicyclic) bond motifs is 5. The first-order chi connectivity index (χ1) is 17.0. The quantitative estimate of drug-likeness (QED) is 0.527. The van der Waals surface area contributed by atoms with Crippen LogP contribution in [0.3, 0.4) is 0 Å². The summed E-state index contributed by atoms with van der Waals surface area (Å²) in [5.74, 6) is 0.787. The zero-order valence-electron chi connectivity index (χ0n) is 20.2. The molecule has 180 valence electrons. The van der Waals surface area contributed by atoms with Crippen LogP contribution in [0, 0.1) is 6.92 Å². The Morgan fingerprint density at radius 2 is 1.57 bits per heavy atom. The summed E-state index contributed by atoms with van der Waals surface area (Å²) in [6.07, 6.45) is 2.55. The molecule has 2 heterocycles. The molecule has 2 saturated heterocycles. The van der Waals surface area contributed by atoms with Crippen molar-refractivity contribution in [3.63, 3.8) is 0 Å².